The number of aryl methyl sites for hydroxylation is 2. The molecule has 7 nitrogen and oxygen atoms in total. The van der Waals surface area contributed by atoms with Crippen LogP contribution in [0.3, 0.4) is 0 Å². The van der Waals surface area contributed by atoms with Gasteiger partial charge >= 0.3 is 5.97 Å². The number of carboxylic acid groups (broad SMARTS) is 1. The minimum absolute atomic E-state index is 0.283. The highest BCUT2D eigenvalue weighted by Gasteiger charge is 2.23. The molecule has 0 aromatic carbocycles. The summed E-state index contributed by atoms with van der Waals surface area (Å²) in [6.07, 6.45) is 0. The zero-order chi connectivity index (χ0) is 14.9. The molecule has 2 rings (SSSR count). The summed E-state index contributed by atoms with van der Waals surface area (Å²) in [4.78, 5) is 10.7. The molecule has 0 aliphatic carbocycles. The number of nitrogens with zero attached hydrogens (tertiary/aromatic N) is 2. The summed E-state index contributed by atoms with van der Waals surface area (Å²) in [6, 6.07) is 3.96. The first kappa shape index (κ1) is 14.3. The Hall–Kier alpha value is -2.09. The van der Waals surface area contributed by atoms with Crippen LogP contribution in [-0.2, 0) is 22.1 Å². The zero-order valence-electron chi connectivity index (χ0n) is 11.0. The third kappa shape index (κ3) is 2.74. The first-order valence-electron chi connectivity index (χ1n) is 5.92. The Morgan fingerprint density at radius 3 is 2.70 bits per heavy atom. The van der Waals surface area contributed by atoms with Gasteiger partial charge in [-0.05, 0) is 32.0 Å². The molecule has 0 saturated heterocycles. The molecule has 20 heavy (non-hydrogen) atoms. The number of rotatable bonds is 5. The van der Waals surface area contributed by atoms with Crippen LogP contribution in [0.1, 0.15) is 28.9 Å². The van der Waals surface area contributed by atoms with Crippen molar-refractivity contribution in [1.82, 2.24) is 9.78 Å². The highest BCUT2D eigenvalue weighted by atomic mass is 32.2. The van der Waals surface area contributed by atoms with E-state index in [1.54, 1.807) is 17.7 Å². The molecule has 0 radical (unpaired) electrons. The molecule has 0 aliphatic rings. The van der Waals surface area contributed by atoms with Crippen LogP contribution in [0, 0.1) is 6.92 Å². The quantitative estimate of drug-likeness (QED) is 0.896. The summed E-state index contributed by atoms with van der Waals surface area (Å²) in [6.45, 7) is 4.19. The summed E-state index contributed by atoms with van der Waals surface area (Å²) >= 11 is 0. The van der Waals surface area contributed by atoms with E-state index >= 15 is 0 Å². The van der Waals surface area contributed by atoms with Gasteiger partial charge in [0.25, 0.3) is 0 Å². The van der Waals surface area contributed by atoms with Crippen molar-refractivity contribution in [3.63, 3.8) is 0 Å². The lowest BCUT2D eigenvalue weighted by atomic mass is 10.4. The highest BCUT2D eigenvalue weighted by Crippen LogP contribution is 2.20. The monoisotopic (exact) mass is 298 g/mol. The smallest absolute Gasteiger partial charge is 0.371 e. The van der Waals surface area contributed by atoms with E-state index in [9.17, 15) is 13.2 Å². The third-order valence-electron chi connectivity index (χ3n) is 2.72. The van der Waals surface area contributed by atoms with Gasteiger partial charge < -0.3 is 9.52 Å². The summed E-state index contributed by atoms with van der Waals surface area (Å²) in [7, 11) is -3.74. The highest BCUT2D eigenvalue weighted by molar-refractivity contribution is 7.90. The Labute approximate surface area is 115 Å². The fourth-order valence-corrected chi connectivity index (χ4v) is 3.11. The number of sulfone groups is 1. The SMILES string of the molecule is CCn1nc(C)cc1CS(=O)(=O)c1ccc(C(=O)O)o1. The van der Waals surface area contributed by atoms with Gasteiger partial charge in [-0.1, -0.05) is 0 Å². The zero-order valence-corrected chi connectivity index (χ0v) is 11.8. The molecule has 2 heterocycles. The largest absolute Gasteiger partial charge is 0.475 e. The Kier molecular flexibility index (Phi) is 3.67. The normalized spacial score (nSPS) is 11.7. The van der Waals surface area contributed by atoms with Gasteiger partial charge in [0, 0.05) is 6.54 Å². The number of carbonyl (C=O) groups is 1. The summed E-state index contributed by atoms with van der Waals surface area (Å²) in [5, 5.41) is 12.6. The van der Waals surface area contributed by atoms with Crippen molar-refractivity contribution >= 4 is 15.8 Å². The first-order chi connectivity index (χ1) is 9.33. The van der Waals surface area contributed by atoms with E-state index in [0.29, 0.717) is 12.2 Å². The van der Waals surface area contributed by atoms with Gasteiger partial charge in [-0.2, -0.15) is 5.10 Å². The van der Waals surface area contributed by atoms with E-state index in [4.69, 9.17) is 9.52 Å². The number of furan rings is 1. The lowest BCUT2D eigenvalue weighted by Crippen LogP contribution is -2.10. The van der Waals surface area contributed by atoms with Crippen molar-refractivity contribution in [3.05, 3.63) is 35.3 Å². The summed E-state index contributed by atoms with van der Waals surface area (Å²) in [5.74, 6) is -1.99. The van der Waals surface area contributed by atoms with Gasteiger partial charge in [0.1, 0.15) is 0 Å². The number of aromatic carboxylic acids is 1. The molecule has 2 aromatic heterocycles. The fourth-order valence-electron chi connectivity index (χ4n) is 1.86. The summed E-state index contributed by atoms with van der Waals surface area (Å²) in [5.41, 5.74) is 1.26. The molecule has 108 valence electrons. The van der Waals surface area contributed by atoms with Crippen LogP contribution >= 0.6 is 0 Å². The first-order valence-corrected chi connectivity index (χ1v) is 7.58. The third-order valence-corrected chi connectivity index (χ3v) is 4.23. The van der Waals surface area contributed by atoms with Gasteiger partial charge in [-0.25, -0.2) is 13.2 Å². The molecular weight excluding hydrogens is 284 g/mol. The second kappa shape index (κ2) is 5.12. The fraction of sp³-hybridized carbons (Fsp3) is 0.333. The molecule has 0 atom stereocenters. The number of carboxylic acids is 1. The van der Waals surface area contributed by atoms with Crippen molar-refractivity contribution in [2.75, 3.05) is 0 Å². The van der Waals surface area contributed by atoms with Gasteiger partial charge in [0.2, 0.25) is 20.7 Å². The Balaban J connectivity index is 2.32. The van der Waals surface area contributed by atoms with E-state index in [0.717, 1.165) is 17.8 Å². The Morgan fingerprint density at radius 1 is 1.45 bits per heavy atom. The van der Waals surface area contributed by atoms with Crippen molar-refractivity contribution in [2.24, 2.45) is 0 Å². The average Bonchev–Trinajstić information content (AvgIpc) is 2.95. The maximum Gasteiger partial charge on any atom is 0.371 e. The second-order valence-electron chi connectivity index (χ2n) is 4.28. The molecule has 1 N–H and O–H groups in total. The maximum absolute atomic E-state index is 12.2. The molecule has 0 saturated carbocycles. The molecule has 0 spiro atoms. The summed E-state index contributed by atoms with van der Waals surface area (Å²) < 4.78 is 30.8. The molecule has 0 bridgehead atoms. The molecular formula is C12H14N2O5S. The maximum atomic E-state index is 12.2. The van der Waals surface area contributed by atoms with Crippen LogP contribution in [-0.4, -0.2) is 29.3 Å². The predicted octanol–water partition coefficient (Wildman–Crippen LogP) is 1.48. The number of hydrogen-bond donors (Lipinski definition) is 1. The standard InChI is InChI=1S/C12H14N2O5S/c1-3-14-9(6-8(2)13-14)7-20(17,18)11-5-4-10(19-11)12(15)16/h4-6H,3,7H2,1-2H3,(H,15,16). The number of aromatic nitrogens is 2. The molecule has 2 aromatic rings. The van der Waals surface area contributed by atoms with Gasteiger partial charge in [-0.15, -0.1) is 0 Å². The van der Waals surface area contributed by atoms with Gasteiger partial charge in [0.15, 0.2) is 0 Å². The molecule has 0 fully saturated rings. The topological polar surface area (TPSA) is 102 Å². The minimum Gasteiger partial charge on any atom is -0.475 e. The second-order valence-corrected chi connectivity index (χ2v) is 6.20. The Bertz CT molecular complexity index is 742. The Morgan fingerprint density at radius 2 is 2.15 bits per heavy atom. The average molecular weight is 298 g/mol. The lowest BCUT2D eigenvalue weighted by molar-refractivity contribution is 0.0656. The van der Waals surface area contributed by atoms with Crippen LogP contribution in [0.5, 0.6) is 0 Å². The minimum atomic E-state index is -3.74. The van der Waals surface area contributed by atoms with Crippen molar-refractivity contribution in [2.45, 2.75) is 31.2 Å². The van der Waals surface area contributed by atoms with Crippen LogP contribution in [0.15, 0.2) is 27.7 Å². The molecule has 0 unspecified atom stereocenters. The van der Waals surface area contributed by atoms with Crippen LogP contribution < -0.4 is 0 Å². The van der Waals surface area contributed by atoms with Crippen molar-refractivity contribution in [3.8, 4) is 0 Å². The van der Waals surface area contributed by atoms with Crippen molar-refractivity contribution < 1.29 is 22.7 Å². The molecule has 0 aliphatic heterocycles. The van der Waals surface area contributed by atoms with Gasteiger partial charge in [0.05, 0.1) is 17.1 Å². The van der Waals surface area contributed by atoms with E-state index in [1.807, 2.05) is 6.92 Å². The van der Waals surface area contributed by atoms with E-state index in [2.05, 4.69) is 5.10 Å². The van der Waals surface area contributed by atoms with Crippen LogP contribution in [0.25, 0.3) is 0 Å². The van der Waals surface area contributed by atoms with Crippen molar-refractivity contribution in [1.29, 1.82) is 0 Å². The lowest BCUT2D eigenvalue weighted by Gasteiger charge is -2.04. The van der Waals surface area contributed by atoms with E-state index in [-0.39, 0.29) is 10.8 Å². The number of hydrogen-bond acceptors (Lipinski definition) is 5. The molecule has 0 amide bonds. The van der Waals surface area contributed by atoms with Gasteiger partial charge in [-0.3, -0.25) is 4.68 Å². The van der Waals surface area contributed by atoms with Crippen LogP contribution in [0.2, 0.25) is 0 Å². The predicted molar refractivity (Wildman–Crippen MR) is 69.2 cm³/mol. The van der Waals surface area contributed by atoms with E-state index < -0.39 is 21.6 Å². The molecule has 8 heteroatoms. The van der Waals surface area contributed by atoms with Crippen LogP contribution in [0.4, 0.5) is 0 Å². The van der Waals surface area contributed by atoms with E-state index in [1.165, 1.54) is 0 Å².